The van der Waals surface area contributed by atoms with E-state index in [0.29, 0.717) is 37.4 Å². The fourth-order valence-corrected chi connectivity index (χ4v) is 2.16. The van der Waals surface area contributed by atoms with Crippen molar-refractivity contribution in [2.24, 2.45) is 0 Å². The van der Waals surface area contributed by atoms with Crippen molar-refractivity contribution in [2.45, 2.75) is 45.1 Å². The Morgan fingerprint density at radius 1 is 1.14 bits per heavy atom. The van der Waals surface area contributed by atoms with Gasteiger partial charge in [-0.1, -0.05) is 18.0 Å². The van der Waals surface area contributed by atoms with Gasteiger partial charge in [-0.05, 0) is 25.3 Å². The molecule has 0 saturated carbocycles. The van der Waals surface area contributed by atoms with Crippen molar-refractivity contribution in [3.63, 3.8) is 0 Å². The lowest BCUT2D eigenvalue weighted by Crippen LogP contribution is -2.25. The maximum absolute atomic E-state index is 11.6. The number of halogens is 1. The summed E-state index contributed by atoms with van der Waals surface area (Å²) in [4.78, 5) is 33.5. The van der Waals surface area contributed by atoms with E-state index >= 15 is 0 Å². The zero-order chi connectivity index (χ0) is 16.4. The normalized spacial score (nSPS) is 10.4. The van der Waals surface area contributed by atoms with E-state index in [2.05, 4.69) is 5.32 Å². The number of pyridine rings is 1. The van der Waals surface area contributed by atoms with E-state index in [-0.39, 0.29) is 17.9 Å². The number of aryl methyl sites for hydroxylation is 1. The number of carboxylic acid groups (broad SMARTS) is 1. The molecule has 0 aliphatic rings. The molecular formula is C15H21ClN2O4. The smallest absolute Gasteiger partial charge is 0.303 e. The van der Waals surface area contributed by atoms with E-state index in [4.69, 9.17) is 16.7 Å². The van der Waals surface area contributed by atoms with Crippen molar-refractivity contribution in [3.05, 3.63) is 33.7 Å². The Morgan fingerprint density at radius 3 is 2.64 bits per heavy atom. The fourth-order valence-electron chi connectivity index (χ4n) is 1.98. The molecule has 1 aromatic heterocycles. The molecule has 0 saturated heterocycles. The maximum Gasteiger partial charge on any atom is 0.303 e. The average Bonchev–Trinajstić information content (AvgIpc) is 2.46. The molecule has 0 aliphatic heterocycles. The van der Waals surface area contributed by atoms with Crippen molar-refractivity contribution < 1.29 is 14.7 Å². The van der Waals surface area contributed by atoms with Crippen molar-refractivity contribution in [1.82, 2.24) is 9.88 Å². The Balaban J connectivity index is 2.12. The summed E-state index contributed by atoms with van der Waals surface area (Å²) in [6.45, 7) is 1.00. The first-order chi connectivity index (χ1) is 10.5. The second kappa shape index (κ2) is 10.00. The highest BCUT2D eigenvalue weighted by Gasteiger charge is 2.03. The highest BCUT2D eigenvalue weighted by Crippen LogP contribution is 2.04. The Hall–Kier alpha value is -1.82. The summed E-state index contributed by atoms with van der Waals surface area (Å²) in [5.74, 6) is -0.853. The number of aliphatic carboxylic acids is 1. The van der Waals surface area contributed by atoms with Crippen LogP contribution in [-0.4, -0.2) is 28.1 Å². The summed E-state index contributed by atoms with van der Waals surface area (Å²) in [5, 5.41) is 11.8. The standard InChI is InChI=1S/C15H21ClN2O4/c16-12-7-8-14(20)18(11-12)10-4-5-13(19)17-9-3-1-2-6-15(21)22/h7-8,11H,1-6,9-10H2,(H,17,19)(H,21,22). The van der Waals surface area contributed by atoms with Crippen LogP contribution in [0.1, 0.15) is 38.5 Å². The minimum absolute atomic E-state index is 0.0617. The first kappa shape index (κ1) is 18.2. The molecule has 0 fully saturated rings. The van der Waals surface area contributed by atoms with E-state index in [1.54, 1.807) is 6.20 Å². The van der Waals surface area contributed by atoms with Crippen molar-refractivity contribution in [1.29, 1.82) is 0 Å². The predicted octanol–water partition coefficient (Wildman–Crippen LogP) is 2.04. The van der Waals surface area contributed by atoms with Gasteiger partial charge in [0.05, 0.1) is 5.02 Å². The van der Waals surface area contributed by atoms with Gasteiger partial charge < -0.3 is 15.0 Å². The van der Waals surface area contributed by atoms with Gasteiger partial charge in [-0.3, -0.25) is 14.4 Å². The van der Waals surface area contributed by atoms with Crippen LogP contribution in [0, 0.1) is 0 Å². The summed E-state index contributed by atoms with van der Waals surface area (Å²) in [6.07, 6.45) is 4.81. The third-order valence-corrected chi connectivity index (χ3v) is 3.36. The number of carbonyl (C=O) groups is 2. The molecule has 0 spiro atoms. The molecule has 1 amide bonds. The van der Waals surface area contributed by atoms with Gasteiger partial charge in [-0.25, -0.2) is 0 Å². The van der Waals surface area contributed by atoms with Crippen LogP contribution in [0.15, 0.2) is 23.1 Å². The predicted molar refractivity (Wildman–Crippen MR) is 84.1 cm³/mol. The number of hydrogen-bond donors (Lipinski definition) is 2. The maximum atomic E-state index is 11.6. The highest BCUT2D eigenvalue weighted by atomic mass is 35.5. The van der Waals surface area contributed by atoms with Crippen LogP contribution in [0.3, 0.4) is 0 Å². The lowest BCUT2D eigenvalue weighted by molar-refractivity contribution is -0.137. The number of unbranched alkanes of at least 4 members (excludes halogenated alkanes) is 2. The molecule has 22 heavy (non-hydrogen) atoms. The van der Waals surface area contributed by atoms with Gasteiger partial charge in [-0.2, -0.15) is 0 Å². The second-order valence-electron chi connectivity index (χ2n) is 5.04. The molecule has 1 heterocycles. The monoisotopic (exact) mass is 328 g/mol. The molecule has 0 radical (unpaired) electrons. The van der Waals surface area contributed by atoms with Gasteiger partial charge in [0.2, 0.25) is 5.91 Å². The van der Waals surface area contributed by atoms with Crippen LogP contribution >= 0.6 is 11.6 Å². The molecule has 0 aliphatic carbocycles. The minimum Gasteiger partial charge on any atom is -0.481 e. The second-order valence-corrected chi connectivity index (χ2v) is 5.47. The first-order valence-corrected chi connectivity index (χ1v) is 7.71. The number of aromatic nitrogens is 1. The number of nitrogens with one attached hydrogen (secondary N) is 1. The zero-order valence-corrected chi connectivity index (χ0v) is 13.1. The van der Waals surface area contributed by atoms with Gasteiger partial charge in [0, 0.05) is 38.2 Å². The summed E-state index contributed by atoms with van der Waals surface area (Å²) in [5.41, 5.74) is -0.136. The Kier molecular flexibility index (Phi) is 8.28. The van der Waals surface area contributed by atoms with Crippen LogP contribution < -0.4 is 10.9 Å². The number of carboxylic acids is 1. The lowest BCUT2D eigenvalue weighted by atomic mass is 10.2. The third kappa shape index (κ3) is 7.83. The number of rotatable bonds is 10. The number of carbonyl (C=O) groups excluding carboxylic acids is 1. The molecule has 1 aromatic rings. The molecule has 1 rings (SSSR count). The third-order valence-electron chi connectivity index (χ3n) is 3.14. The minimum atomic E-state index is -0.791. The largest absolute Gasteiger partial charge is 0.481 e. The number of hydrogen-bond acceptors (Lipinski definition) is 3. The summed E-state index contributed by atoms with van der Waals surface area (Å²) in [7, 11) is 0. The summed E-state index contributed by atoms with van der Waals surface area (Å²) < 4.78 is 1.49. The molecule has 0 unspecified atom stereocenters. The van der Waals surface area contributed by atoms with E-state index in [9.17, 15) is 14.4 Å². The Bertz CT molecular complexity index is 557. The number of nitrogens with zero attached hydrogens (tertiary/aromatic N) is 1. The quantitative estimate of drug-likeness (QED) is 0.643. The molecule has 122 valence electrons. The molecule has 7 heteroatoms. The van der Waals surface area contributed by atoms with Gasteiger partial charge in [0.15, 0.2) is 0 Å². The fraction of sp³-hybridized carbons (Fsp3) is 0.533. The Labute approximate surface area is 134 Å². The Morgan fingerprint density at radius 2 is 1.91 bits per heavy atom. The first-order valence-electron chi connectivity index (χ1n) is 7.33. The van der Waals surface area contributed by atoms with Crippen LogP contribution in [0.2, 0.25) is 5.02 Å². The van der Waals surface area contributed by atoms with Crippen LogP contribution in [-0.2, 0) is 16.1 Å². The molecule has 2 N–H and O–H groups in total. The summed E-state index contributed by atoms with van der Waals surface area (Å²) in [6, 6.07) is 2.94. The van der Waals surface area contributed by atoms with E-state index < -0.39 is 5.97 Å². The van der Waals surface area contributed by atoms with Gasteiger partial charge >= 0.3 is 5.97 Å². The van der Waals surface area contributed by atoms with Crippen molar-refractivity contribution >= 4 is 23.5 Å². The van der Waals surface area contributed by atoms with Crippen molar-refractivity contribution in [3.8, 4) is 0 Å². The van der Waals surface area contributed by atoms with Crippen LogP contribution in [0.4, 0.5) is 0 Å². The van der Waals surface area contributed by atoms with Crippen molar-refractivity contribution in [2.75, 3.05) is 6.54 Å². The molecule has 0 bridgehead atoms. The molecule has 6 nitrogen and oxygen atoms in total. The topological polar surface area (TPSA) is 88.4 Å². The molecular weight excluding hydrogens is 308 g/mol. The van der Waals surface area contributed by atoms with E-state index in [1.165, 1.54) is 16.7 Å². The van der Waals surface area contributed by atoms with E-state index in [0.717, 1.165) is 12.8 Å². The zero-order valence-electron chi connectivity index (χ0n) is 12.4. The highest BCUT2D eigenvalue weighted by molar-refractivity contribution is 6.30. The van der Waals surface area contributed by atoms with Crippen LogP contribution in [0.25, 0.3) is 0 Å². The lowest BCUT2D eigenvalue weighted by Gasteiger charge is -2.07. The SMILES string of the molecule is O=C(O)CCCCCNC(=O)CCCn1cc(Cl)ccc1=O. The van der Waals surface area contributed by atoms with Gasteiger partial charge in [0.25, 0.3) is 5.56 Å². The van der Waals surface area contributed by atoms with Gasteiger partial charge in [0.1, 0.15) is 0 Å². The molecule has 0 atom stereocenters. The summed E-state index contributed by atoms with van der Waals surface area (Å²) >= 11 is 5.81. The van der Waals surface area contributed by atoms with E-state index in [1.807, 2.05) is 0 Å². The van der Waals surface area contributed by atoms with Gasteiger partial charge in [-0.15, -0.1) is 0 Å². The number of amides is 1. The van der Waals surface area contributed by atoms with Crippen LogP contribution in [0.5, 0.6) is 0 Å². The average molecular weight is 329 g/mol. The molecule has 0 aromatic carbocycles.